The number of carbonyl (C=O) groups is 2. The Balaban J connectivity index is 1.94. The molecule has 0 radical (unpaired) electrons. The van der Waals surface area contributed by atoms with Gasteiger partial charge in [0.1, 0.15) is 23.3 Å². The topological polar surface area (TPSA) is 76.1 Å². The first kappa shape index (κ1) is 22.1. The van der Waals surface area contributed by atoms with Crippen LogP contribution in [0.5, 0.6) is 11.5 Å². The first-order valence-corrected chi connectivity index (χ1v) is 11.4. The van der Waals surface area contributed by atoms with Crippen molar-refractivity contribution in [2.75, 3.05) is 19.1 Å². The van der Waals surface area contributed by atoms with E-state index in [0.29, 0.717) is 27.2 Å². The van der Waals surface area contributed by atoms with Crippen LogP contribution in [-0.4, -0.2) is 31.0 Å². The molecular formula is C24H20BrNO5S. The average Bonchev–Trinajstić information content (AvgIpc) is 3.33. The van der Waals surface area contributed by atoms with Gasteiger partial charge in [-0.1, -0.05) is 6.07 Å². The molecule has 8 heteroatoms. The van der Waals surface area contributed by atoms with Crippen molar-refractivity contribution in [3.05, 3.63) is 80.0 Å². The number of nitrogens with zero attached hydrogens (tertiary/aromatic N) is 1. The molecule has 1 N–H and O–H groups in total. The van der Waals surface area contributed by atoms with Crippen LogP contribution in [0.4, 0.5) is 5.69 Å². The minimum atomic E-state index is -0.761. The number of hydrogen-bond acceptors (Lipinski definition) is 6. The second-order valence-electron chi connectivity index (χ2n) is 7.19. The molecule has 6 nitrogen and oxygen atoms in total. The molecule has 1 unspecified atom stereocenters. The minimum absolute atomic E-state index is 0.0421. The third kappa shape index (κ3) is 3.69. The number of aryl methyl sites for hydroxylation is 1. The van der Waals surface area contributed by atoms with E-state index in [0.717, 1.165) is 10.4 Å². The molecule has 32 heavy (non-hydrogen) atoms. The molecule has 0 aliphatic carbocycles. The van der Waals surface area contributed by atoms with E-state index in [-0.39, 0.29) is 11.3 Å². The van der Waals surface area contributed by atoms with Crippen molar-refractivity contribution in [2.24, 2.45) is 0 Å². The molecule has 2 aromatic carbocycles. The summed E-state index contributed by atoms with van der Waals surface area (Å²) >= 11 is 4.84. The van der Waals surface area contributed by atoms with Gasteiger partial charge in [0.15, 0.2) is 0 Å². The van der Waals surface area contributed by atoms with Crippen LogP contribution < -0.4 is 14.4 Å². The van der Waals surface area contributed by atoms with E-state index in [1.165, 1.54) is 23.3 Å². The van der Waals surface area contributed by atoms with Crippen LogP contribution in [0.25, 0.3) is 5.76 Å². The lowest BCUT2D eigenvalue weighted by Gasteiger charge is -2.25. The molecule has 0 spiro atoms. The van der Waals surface area contributed by atoms with Crippen LogP contribution in [0.15, 0.2) is 64.0 Å². The largest absolute Gasteiger partial charge is 0.507 e. The lowest BCUT2D eigenvalue weighted by Crippen LogP contribution is -2.29. The Bertz CT molecular complexity index is 1250. The van der Waals surface area contributed by atoms with Crippen molar-refractivity contribution in [1.29, 1.82) is 0 Å². The zero-order valence-electron chi connectivity index (χ0n) is 17.6. The molecule has 0 saturated carbocycles. The number of carbonyl (C=O) groups excluding carboxylic acids is 2. The Morgan fingerprint density at radius 2 is 1.88 bits per heavy atom. The van der Waals surface area contributed by atoms with Gasteiger partial charge in [-0.05, 0) is 70.2 Å². The SMILES string of the molecule is COc1cccc(N2C(=O)C(=O)/C(=C(\O)c3ccc(OC)c(Br)c3)C2c2sccc2C)c1. The van der Waals surface area contributed by atoms with Crippen molar-refractivity contribution in [3.8, 4) is 11.5 Å². The van der Waals surface area contributed by atoms with Gasteiger partial charge in [0.2, 0.25) is 0 Å². The maximum absolute atomic E-state index is 13.2. The maximum Gasteiger partial charge on any atom is 0.300 e. The Morgan fingerprint density at radius 3 is 2.50 bits per heavy atom. The van der Waals surface area contributed by atoms with Gasteiger partial charge in [0.25, 0.3) is 11.7 Å². The summed E-state index contributed by atoms with van der Waals surface area (Å²) in [4.78, 5) is 28.6. The molecule has 1 atom stereocenters. The van der Waals surface area contributed by atoms with Crippen LogP contribution in [0.3, 0.4) is 0 Å². The van der Waals surface area contributed by atoms with Crippen LogP contribution >= 0.6 is 27.3 Å². The summed E-state index contributed by atoms with van der Waals surface area (Å²) in [5, 5.41) is 13.1. The van der Waals surface area contributed by atoms with Gasteiger partial charge in [0, 0.05) is 22.2 Å². The van der Waals surface area contributed by atoms with Crippen molar-refractivity contribution in [1.82, 2.24) is 0 Å². The molecule has 0 bridgehead atoms. The molecule has 1 fully saturated rings. The molecule has 2 heterocycles. The number of thiophene rings is 1. The van der Waals surface area contributed by atoms with Crippen LogP contribution in [0, 0.1) is 6.92 Å². The third-order valence-corrected chi connectivity index (χ3v) is 7.04. The standard InChI is InChI=1S/C24H20BrNO5S/c1-13-9-10-32-23(13)20-19(21(27)14-7-8-18(31-3)17(25)11-14)22(28)24(29)26(20)15-5-4-6-16(12-15)30-2/h4-12,20,27H,1-3H3/b21-19-. The van der Waals surface area contributed by atoms with Crippen LogP contribution in [0.2, 0.25) is 0 Å². The summed E-state index contributed by atoms with van der Waals surface area (Å²) in [5.41, 5.74) is 1.89. The quantitative estimate of drug-likeness (QED) is 0.278. The summed E-state index contributed by atoms with van der Waals surface area (Å²) in [7, 11) is 3.08. The Hall–Kier alpha value is -3.10. The van der Waals surface area contributed by atoms with E-state index in [4.69, 9.17) is 9.47 Å². The van der Waals surface area contributed by atoms with Crippen LogP contribution in [0.1, 0.15) is 22.0 Å². The molecule has 164 valence electrons. The summed E-state index contributed by atoms with van der Waals surface area (Å²) in [6, 6.07) is 13.1. The number of amides is 1. The van der Waals surface area contributed by atoms with Gasteiger partial charge >= 0.3 is 0 Å². The molecule has 3 aromatic rings. The highest BCUT2D eigenvalue weighted by Crippen LogP contribution is 2.45. The first-order chi connectivity index (χ1) is 15.4. The third-order valence-electron chi connectivity index (χ3n) is 5.35. The number of rotatable bonds is 5. The second kappa shape index (κ2) is 8.80. The van der Waals surface area contributed by atoms with Gasteiger partial charge in [-0.3, -0.25) is 14.5 Å². The number of Topliss-reactive ketones (excluding diaryl/α,β-unsaturated/α-hetero) is 1. The summed E-state index contributed by atoms with van der Waals surface area (Å²) in [5.74, 6) is -0.538. The monoisotopic (exact) mass is 513 g/mol. The molecule has 1 aromatic heterocycles. The number of hydrogen-bond donors (Lipinski definition) is 1. The molecule has 1 aliphatic rings. The Kier molecular flexibility index (Phi) is 6.08. The number of aliphatic hydroxyl groups excluding tert-OH is 1. The van der Waals surface area contributed by atoms with E-state index in [2.05, 4.69) is 15.9 Å². The number of ketones is 1. The second-order valence-corrected chi connectivity index (χ2v) is 8.99. The van der Waals surface area contributed by atoms with Gasteiger partial charge < -0.3 is 14.6 Å². The van der Waals surface area contributed by atoms with E-state index < -0.39 is 17.7 Å². The summed E-state index contributed by atoms with van der Waals surface area (Å²) in [6.07, 6.45) is 0. The van der Waals surface area contributed by atoms with E-state index >= 15 is 0 Å². The number of aliphatic hydroxyl groups is 1. The normalized spacial score (nSPS) is 17.6. The number of halogens is 1. The highest BCUT2D eigenvalue weighted by atomic mass is 79.9. The fourth-order valence-electron chi connectivity index (χ4n) is 3.74. The smallest absolute Gasteiger partial charge is 0.300 e. The molecule has 4 rings (SSSR count). The van der Waals surface area contributed by atoms with Crippen molar-refractivity contribution in [3.63, 3.8) is 0 Å². The lowest BCUT2D eigenvalue weighted by atomic mass is 9.98. The fourth-order valence-corrected chi connectivity index (χ4v) is 5.31. The highest BCUT2D eigenvalue weighted by molar-refractivity contribution is 9.10. The molecule has 1 amide bonds. The van der Waals surface area contributed by atoms with Gasteiger partial charge in [-0.2, -0.15) is 0 Å². The Morgan fingerprint density at radius 1 is 1.09 bits per heavy atom. The van der Waals surface area contributed by atoms with Gasteiger partial charge in [0.05, 0.1) is 24.3 Å². The predicted octanol–water partition coefficient (Wildman–Crippen LogP) is 5.46. The summed E-state index contributed by atoms with van der Waals surface area (Å²) < 4.78 is 11.2. The molecule has 1 aliphatic heterocycles. The Labute approximate surface area is 197 Å². The summed E-state index contributed by atoms with van der Waals surface area (Å²) in [6.45, 7) is 1.92. The highest BCUT2D eigenvalue weighted by Gasteiger charge is 2.48. The van der Waals surface area contributed by atoms with Crippen molar-refractivity contribution < 1.29 is 24.2 Å². The average molecular weight is 514 g/mol. The molecule has 1 saturated heterocycles. The van der Waals surface area contributed by atoms with E-state index in [1.54, 1.807) is 49.6 Å². The van der Waals surface area contributed by atoms with Gasteiger partial charge in [-0.25, -0.2) is 0 Å². The maximum atomic E-state index is 13.2. The van der Waals surface area contributed by atoms with Gasteiger partial charge in [-0.15, -0.1) is 11.3 Å². The number of anilines is 1. The molecular weight excluding hydrogens is 494 g/mol. The van der Waals surface area contributed by atoms with E-state index in [9.17, 15) is 14.7 Å². The predicted molar refractivity (Wildman–Crippen MR) is 128 cm³/mol. The van der Waals surface area contributed by atoms with E-state index in [1.807, 2.05) is 18.4 Å². The lowest BCUT2D eigenvalue weighted by molar-refractivity contribution is -0.132. The number of ether oxygens (including phenoxy) is 2. The van der Waals surface area contributed by atoms with Crippen LogP contribution in [-0.2, 0) is 9.59 Å². The zero-order chi connectivity index (χ0) is 23.0. The first-order valence-electron chi connectivity index (χ1n) is 9.70. The number of benzene rings is 2. The zero-order valence-corrected chi connectivity index (χ0v) is 20.0. The fraction of sp³-hybridized carbons (Fsp3) is 0.167. The minimum Gasteiger partial charge on any atom is -0.507 e. The van der Waals surface area contributed by atoms with Crippen molar-refractivity contribution >= 4 is 50.4 Å². The number of methoxy groups -OCH3 is 2. The van der Waals surface area contributed by atoms with Crippen molar-refractivity contribution in [2.45, 2.75) is 13.0 Å².